The van der Waals surface area contributed by atoms with Crippen LogP contribution in [-0.4, -0.2) is 28.5 Å². The van der Waals surface area contributed by atoms with E-state index >= 15 is 0 Å². The van der Waals surface area contributed by atoms with Crippen molar-refractivity contribution in [2.24, 2.45) is 0 Å². The molecule has 31 heavy (non-hydrogen) atoms. The van der Waals surface area contributed by atoms with Crippen LogP contribution in [0.15, 0.2) is 65.6 Å². The summed E-state index contributed by atoms with van der Waals surface area (Å²) in [5, 5.41) is 2.73. The minimum Gasteiger partial charge on any atom is -0.496 e. The third kappa shape index (κ3) is 5.13. The van der Waals surface area contributed by atoms with E-state index in [2.05, 4.69) is 10.0 Å². The Morgan fingerprint density at radius 3 is 2.19 bits per heavy atom. The molecular weight excluding hydrogens is 423 g/mol. The molecule has 0 aliphatic heterocycles. The monoisotopic (exact) mass is 444 g/mol. The number of benzene rings is 3. The molecule has 0 fully saturated rings. The van der Waals surface area contributed by atoms with Crippen molar-refractivity contribution in [3.8, 4) is 11.5 Å². The maximum absolute atomic E-state index is 13.1. The predicted octanol–water partition coefficient (Wildman–Crippen LogP) is 4.20. The molecule has 0 radical (unpaired) electrons. The molecule has 9 heteroatoms. The van der Waals surface area contributed by atoms with Crippen LogP contribution < -0.4 is 19.5 Å². The highest BCUT2D eigenvalue weighted by Gasteiger charge is 2.18. The standard InChI is InChI=1S/C22H21FN2O5S/c1-14-4-10-20(29-2)18(12-14)22(26)24-16-7-11-21(30-3)19(13-16)25-31(27,28)17-8-5-15(23)6-9-17/h4-13,25H,1-3H3,(H,24,26). The van der Waals surface area contributed by atoms with Gasteiger partial charge in [0, 0.05) is 5.69 Å². The van der Waals surface area contributed by atoms with Crippen molar-refractivity contribution in [1.29, 1.82) is 0 Å². The number of hydrogen-bond acceptors (Lipinski definition) is 5. The molecule has 3 rings (SSSR count). The molecule has 0 aliphatic rings. The van der Waals surface area contributed by atoms with Crippen molar-refractivity contribution in [3.63, 3.8) is 0 Å². The SMILES string of the molecule is COc1ccc(NC(=O)c2cc(C)ccc2OC)cc1NS(=O)(=O)c1ccc(F)cc1. The van der Waals surface area contributed by atoms with Crippen LogP contribution in [0.3, 0.4) is 0 Å². The highest BCUT2D eigenvalue weighted by Crippen LogP contribution is 2.31. The Balaban J connectivity index is 1.90. The number of sulfonamides is 1. The number of nitrogens with one attached hydrogen (secondary N) is 2. The Hall–Kier alpha value is -3.59. The van der Waals surface area contributed by atoms with Gasteiger partial charge in [0.15, 0.2) is 0 Å². The van der Waals surface area contributed by atoms with E-state index in [1.165, 1.54) is 26.4 Å². The lowest BCUT2D eigenvalue weighted by Crippen LogP contribution is -2.16. The smallest absolute Gasteiger partial charge is 0.262 e. The fourth-order valence-corrected chi connectivity index (χ4v) is 3.94. The third-order valence-corrected chi connectivity index (χ3v) is 5.81. The first-order chi connectivity index (χ1) is 14.7. The Morgan fingerprint density at radius 1 is 0.903 bits per heavy atom. The number of ether oxygens (including phenoxy) is 2. The molecule has 0 spiro atoms. The van der Waals surface area contributed by atoms with Crippen molar-refractivity contribution in [2.45, 2.75) is 11.8 Å². The quantitative estimate of drug-likeness (QED) is 0.570. The van der Waals surface area contributed by atoms with Crippen LogP contribution in [0.5, 0.6) is 11.5 Å². The average molecular weight is 444 g/mol. The van der Waals surface area contributed by atoms with Crippen LogP contribution in [0.4, 0.5) is 15.8 Å². The zero-order valence-electron chi connectivity index (χ0n) is 17.1. The van der Waals surface area contributed by atoms with Gasteiger partial charge in [-0.25, -0.2) is 12.8 Å². The summed E-state index contributed by atoms with van der Waals surface area (Å²) in [6, 6.07) is 14.1. The number of methoxy groups -OCH3 is 2. The van der Waals surface area contributed by atoms with E-state index in [0.717, 1.165) is 29.8 Å². The van der Waals surface area contributed by atoms with Crippen molar-refractivity contribution in [1.82, 2.24) is 0 Å². The van der Waals surface area contributed by atoms with Gasteiger partial charge in [0.05, 0.1) is 30.4 Å². The van der Waals surface area contributed by atoms with E-state index in [-0.39, 0.29) is 16.3 Å². The summed E-state index contributed by atoms with van der Waals surface area (Å²) in [6.07, 6.45) is 0. The van der Waals surface area contributed by atoms with Gasteiger partial charge in [0.1, 0.15) is 17.3 Å². The van der Waals surface area contributed by atoms with Crippen molar-refractivity contribution < 1.29 is 27.1 Å². The Kier molecular flexibility index (Phi) is 6.45. The zero-order valence-corrected chi connectivity index (χ0v) is 17.9. The number of anilines is 2. The minimum atomic E-state index is -4.01. The van der Waals surface area contributed by atoms with Gasteiger partial charge in [-0.15, -0.1) is 0 Å². The van der Waals surface area contributed by atoms with Gasteiger partial charge in [0.2, 0.25) is 0 Å². The Bertz CT molecular complexity index is 1210. The molecule has 0 unspecified atom stereocenters. The molecule has 0 aliphatic carbocycles. The number of carbonyl (C=O) groups is 1. The van der Waals surface area contributed by atoms with E-state index in [9.17, 15) is 17.6 Å². The normalized spacial score (nSPS) is 11.0. The molecule has 3 aromatic rings. The van der Waals surface area contributed by atoms with Crippen molar-refractivity contribution in [2.75, 3.05) is 24.3 Å². The maximum Gasteiger partial charge on any atom is 0.262 e. The fraction of sp³-hybridized carbons (Fsp3) is 0.136. The lowest BCUT2D eigenvalue weighted by Gasteiger charge is -2.15. The second-order valence-corrected chi connectivity index (χ2v) is 8.31. The topological polar surface area (TPSA) is 93.7 Å². The average Bonchev–Trinajstić information content (AvgIpc) is 2.74. The molecule has 7 nitrogen and oxygen atoms in total. The largest absolute Gasteiger partial charge is 0.496 e. The molecule has 3 aromatic carbocycles. The maximum atomic E-state index is 13.1. The number of carbonyl (C=O) groups excluding carboxylic acids is 1. The molecule has 0 saturated carbocycles. The van der Waals surface area contributed by atoms with Gasteiger partial charge >= 0.3 is 0 Å². The molecule has 0 saturated heterocycles. The number of aryl methyl sites for hydroxylation is 1. The van der Waals surface area contributed by atoms with Gasteiger partial charge in [-0.3, -0.25) is 9.52 Å². The van der Waals surface area contributed by atoms with Crippen LogP contribution in [0.25, 0.3) is 0 Å². The minimum absolute atomic E-state index is 0.112. The van der Waals surface area contributed by atoms with E-state index in [1.54, 1.807) is 18.2 Å². The molecular formula is C22H21FN2O5S. The first-order valence-electron chi connectivity index (χ1n) is 9.16. The summed E-state index contributed by atoms with van der Waals surface area (Å²) in [5.74, 6) is -0.309. The van der Waals surface area contributed by atoms with Gasteiger partial charge in [-0.05, 0) is 61.5 Å². The molecule has 1 amide bonds. The zero-order chi connectivity index (χ0) is 22.6. The van der Waals surface area contributed by atoms with E-state index in [0.29, 0.717) is 17.0 Å². The van der Waals surface area contributed by atoms with Crippen molar-refractivity contribution in [3.05, 3.63) is 77.6 Å². The second-order valence-electron chi connectivity index (χ2n) is 6.63. The van der Waals surface area contributed by atoms with E-state index < -0.39 is 21.7 Å². The summed E-state index contributed by atoms with van der Waals surface area (Å²) in [5.41, 5.74) is 1.67. The van der Waals surface area contributed by atoms with Crippen LogP contribution >= 0.6 is 0 Å². The van der Waals surface area contributed by atoms with Crippen molar-refractivity contribution >= 4 is 27.3 Å². The number of rotatable bonds is 7. The lowest BCUT2D eigenvalue weighted by molar-refractivity contribution is 0.102. The predicted molar refractivity (Wildman–Crippen MR) is 116 cm³/mol. The summed E-state index contributed by atoms with van der Waals surface area (Å²) < 4.78 is 51.3. The van der Waals surface area contributed by atoms with Gasteiger partial charge in [0.25, 0.3) is 15.9 Å². The van der Waals surface area contributed by atoms with Crippen LogP contribution in [-0.2, 0) is 10.0 Å². The van der Waals surface area contributed by atoms with E-state index in [4.69, 9.17) is 9.47 Å². The first kappa shape index (κ1) is 22.1. The van der Waals surface area contributed by atoms with Crippen LogP contribution in [0.2, 0.25) is 0 Å². The number of amides is 1. The number of halogens is 1. The van der Waals surface area contributed by atoms with Gasteiger partial charge in [-0.1, -0.05) is 11.6 Å². The number of hydrogen-bond donors (Lipinski definition) is 2. The second kappa shape index (κ2) is 9.05. The molecule has 162 valence electrons. The van der Waals surface area contributed by atoms with Crippen LogP contribution in [0, 0.1) is 12.7 Å². The van der Waals surface area contributed by atoms with E-state index in [1.807, 2.05) is 13.0 Å². The third-order valence-electron chi connectivity index (χ3n) is 4.43. The Labute approximate surface area is 179 Å². The first-order valence-corrected chi connectivity index (χ1v) is 10.6. The highest BCUT2D eigenvalue weighted by molar-refractivity contribution is 7.92. The van der Waals surface area contributed by atoms with Gasteiger partial charge in [-0.2, -0.15) is 0 Å². The molecule has 0 heterocycles. The fourth-order valence-electron chi connectivity index (χ4n) is 2.88. The molecule has 0 aromatic heterocycles. The molecule has 0 atom stereocenters. The summed E-state index contributed by atoms with van der Waals surface area (Å²) in [7, 11) is -1.15. The lowest BCUT2D eigenvalue weighted by atomic mass is 10.1. The summed E-state index contributed by atoms with van der Waals surface area (Å²) in [6.45, 7) is 1.85. The Morgan fingerprint density at radius 2 is 1.55 bits per heavy atom. The summed E-state index contributed by atoms with van der Waals surface area (Å²) in [4.78, 5) is 12.6. The van der Waals surface area contributed by atoms with Crippen LogP contribution in [0.1, 0.15) is 15.9 Å². The van der Waals surface area contributed by atoms with Gasteiger partial charge < -0.3 is 14.8 Å². The summed E-state index contributed by atoms with van der Waals surface area (Å²) >= 11 is 0. The molecule has 0 bridgehead atoms. The molecule has 2 N–H and O–H groups in total. The highest BCUT2D eigenvalue weighted by atomic mass is 32.2.